The number of carbonyl (C=O) groups is 2. The Bertz CT molecular complexity index is 187. The van der Waals surface area contributed by atoms with E-state index in [9.17, 15) is 9.59 Å². The average molecular weight is 161 g/mol. The van der Waals surface area contributed by atoms with Gasteiger partial charge in [0.15, 0.2) is 0 Å². The molecule has 0 spiro atoms. The van der Waals surface area contributed by atoms with Gasteiger partial charge >= 0.3 is 11.9 Å². The number of aliphatic carboxylic acids is 2. The standard InChI is InChI=1S/C6H11NO4/c1-3(4(8)9)6(2,7)5(10)11/h3H,7H2,1-2H3,(H,8,9)(H,10,11)/t3-,6+/m1/s1. The number of hydrogen-bond donors (Lipinski definition) is 3. The van der Waals surface area contributed by atoms with E-state index in [1.807, 2.05) is 0 Å². The van der Waals surface area contributed by atoms with Crippen LogP contribution in [-0.2, 0) is 9.59 Å². The van der Waals surface area contributed by atoms with E-state index in [-0.39, 0.29) is 0 Å². The van der Waals surface area contributed by atoms with Crippen LogP contribution in [0, 0.1) is 5.92 Å². The summed E-state index contributed by atoms with van der Waals surface area (Å²) in [5, 5.41) is 16.9. The third-order valence-electron chi connectivity index (χ3n) is 1.73. The minimum absolute atomic E-state index is 1.10. The predicted octanol–water partition coefficient (Wildman–Crippen LogP) is -0.491. The van der Waals surface area contributed by atoms with Gasteiger partial charge in [-0.25, -0.2) is 0 Å². The van der Waals surface area contributed by atoms with Crippen LogP contribution in [0.5, 0.6) is 0 Å². The van der Waals surface area contributed by atoms with Gasteiger partial charge in [0.25, 0.3) is 0 Å². The van der Waals surface area contributed by atoms with E-state index in [1.54, 1.807) is 0 Å². The number of carboxylic acid groups (broad SMARTS) is 2. The summed E-state index contributed by atoms with van der Waals surface area (Å²) < 4.78 is 0. The van der Waals surface area contributed by atoms with Crippen LogP contribution in [0.1, 0.15) is 13.8 Å². The number of carboxylic acids is 2. The maximum absolute atomic E-state index is 10.4. The molecule has 0 amide bonds. The lowest BCUT2D eigenvalue weighted by Crippen LogP contribution is -2.53. The first-order valence-corrected chi connectivity index (χ1v) is 3.05. The van der Waals surface area contributed by atoms with Crippen LogP contribution in [0.4, 0.5) is 0 Å². The van der Waals surface area contributed by atoms with Crippen molar-refractivity contribution >= 4 is 11.9 Å². The van der Waals surface area contributed by atoms with Gasteiger partial charge in [0.05, 0.1) is 5.92 Å². The molecule has 0 heterocycles. The lowest BCUT2D eigenvalue weighted by Gasteiger charge is -2.22. The van der Waals surface area contributed by atoms with E-state index in [2.05, 4.69) is 0 Å². The van der Waals surface area contributed by atoms with Crippen molar-refractivity contribution in [1.29, 1.82) is 0 Å². The SMILES string of the molecule is C[C@H](C(=O)O)[C@](C)(N)C(=O)O. The molecule has 64 valence electrons. The molecule has 11 heavy (non-hydrogen) atoms. The van der Waals surface area contributed by atoms with E-state index in [0.717, 1.165) is 0 Å². The molecule has 0 bridgehead atoms. The van der Waals surface area contributed by atoms with Crippen LogP contribution in [-0.4, -0.2) is 27.7 Å². The second kappa shape index (κ2) is 2.87. The molecule has 5 nitrogen and oxygen atoms in total. The van der Waals surface area contributed by atoms with Gasteiger partial charge < -0.3 is 15.9 Å². The molecule has 4 N–H and O–H groups in total. The smallest absolute Gasteiger partial charge is 0.324 e. The third-order valence-corrected chi connectivity index (χ3v) is 1.73. The Hall–Kier alpha value is -1.10. The minimum Gasteiger partial charge on any atom is -0.481 e. The number of nitrogens with two attached hydrogens (primary N) is 1. The summed E-state index contributed by atoms with van der Waals surface area (Å²) in [6.07, 6.45) is 0. The van der Waals surface area contributed by atoms with Gasteiger partial charge in [-0.3, -0.25) is 9.59 Å². The summed E-state index contributed by atoms with van der Waals surface area (Å²) in [6.45, 7) is 2.44. The molecule has 0 saturated carbocycles. The van der Waals surface area contributed by atoms with Gasteiger partial charge in [-0.1, -0.05) is 0 Å². The summed E-state index contributed by atoms with van der Waals surface area (Å²) in [6, 6.07) is 0. The Kier molecular flexibility index (Phi) is 2.59. The van der Waals surface area contributed by atoms with E-state index in [4.69, 9.17) is 15.9 Å². The van der Waals surface area contributed by atoms with Crippen LogP contribution in [0.15, 0.2) is 0 Å². The fourth-order valence-corrected chi connectivity index (χ4v) is 0.442. The van der Waals surface area contributed by atoms with E-state index in [1.165, 1.54) is 13.8 Å². The molecule has 0 aliphatic heterocycles. The molecule has 0 aromatic heterocycles. The lowest BCUT2D eigenvalue weighted by atomic mass is 9.88. The zero-order chi connectivity index (χ0) is 9.23. The van der Waals surface area contributed by atoms with Gasteiger partial charge in [-0.2, -0.15) is 0 Å². The maximum Gasteiger partial charge on any atom is 0.324 e. The largest absolute Gasteiger partial charge is 0.481 e. The molecule has 0 unspecified atom stereocenters. The molecule has 5 heteroatoms. The Balaban J connectivity index is 4.55. The molecule has 0 fully saturated rings. The molecule has 0 aromatic carbocycles. The topological polar surface area (TPSA) is 101 Å². The highest BCUT2D eigenvalue weighted by Gasteiger charge is 2.38. The molecular weight excluding hydrogens is 150 g/mol. The number of rotatable bonds is 3. The first kappa shape index (κ1) is 9.90. The molecule has 0 aromatic rings. The molecule has 0 saturated heterocycles. The quantitative estimate of drug-likeness (QED) is 0.518. The minimum atomic E-state index is -1.70. The van der Waals surface area contributed by atoms with Gasteiger partial charge in [-0.05, 0) is 13.8 Å². The summed E-state index contributed by atoms with van der Waals surface area (Å²) in [5.41, 5.74) is 3.52. The van der Waals surface area contributed by atoms with Crippen molar-refractivity contribution in [2.75, 3.05) is 0 Å². The third kappa shape index (κ3) is 1.91. The summed E-state index contributed by atoms with van der Waals surface area (Å²) in [4.78, 5) is 20.7. The normalized spacial score (nSPS) is 18.5. The molecule has 0 radical (unpaired) electrons. The first-order chi connectivity index (χ1) is 4.80. The summed E-state index contributed by atoms with van der Waals surface area (Å²) in [7, 11) is 0. The molecule has 0 rings (SSSR count). The van der Waals surface area contributed by atoms with Gasteiger partial charge in [0.2, 0.25) is 0 Å². The summed E-state index contributed by atoms with van der Waals surface area (Å²) in [5.74, 6) is -3.62. The Morgan fingerprint density at radius 1 is 1.45 bits per heavy atom. The van der Waals surface area contributed by atoms with Crippen LogP contribution in [0.2, 0.25) is 0 Å². The highest BCUT2D eigenvalue weighted by Crippen LogP contribution is 2.13. The van der Waals surface area contributed by atoms with Crippen molar-refractivity contribution in [3.8, 4) is 0 Å². The first-order valence-electron chi connectivity index (χ1n) is 3.05. The van der Waals surface area contributed by atoms with Crippen LogP contribution in [0.3, 0.4) is 0 Å². The summed E-state index contributed by atoms with van der Waals surface area (Å²) >= 11 is 0. The van der Waals surface area contributed by atoms with Gasteiger partial charge in [0, 0.05) is 0 Å². The van der Waals surface area contributed by atoms with Crippen LogP contribution < -0.4 is 5.73 Å². The van der Waals surface area contributed by atoms with Crippen LogP contribution >= 0.6 is 0 Å². The predicted molar refractivity (Wildman–Crippen MR) is 37.0 cm³/mol. The lowest BCUT2D eigenvalue weighted by molar-refractivity contribution is -0.153. The Labute approximate surface area is 63.8 Å². The average Bonchev–Trinajstić information content (AvgIpc) is 1.85. The molecule has 0 aliphatic rings. The van der Waals surface area contributed by atoms with Crippen molar-refractivity contribution in [1.82, 2.24) is 0 Å². The van der Waals surface area contributed by atoms with Crippen molar-refractivity contribution in [3.05, 3.63) is 0 Å². The molecule has 0 aliphatic carbocycles. The maximum atomic E-state index is 10.4. The van der Waals surface area contributed by atoms with Gasteiger partial charge in [-0.15, -0.1) is 0 Å². The highest BCUT2D eigenvalue weighted by molar-refractivity contribution is 5.85. The van der Waals surface area contributed by atoms with Crippen LogP contribution in [0.25, 0.3) is 0 Å². The zero-order valence-corrected chi connectivity index (χ0v) is 6.37. The fraction of sp³-hybridized carbons (Fsp3) is 0.667. The Morgan fingerprint density at radius 2 is 1.82 bits per heavy atom. The second-order valence-electron chi connectivity index (χ2n) is 2.65. The van der Waals surface area contributed by atoms with E-state index in [0.29, 0.717) is 0 Å². The molecule has 2 atom stereocenters. The van der Waals surface area contributed by atoms with Crippen molar-refractivity contribution in [3.63, 3.8) is 0 Å². The van der Waals surface area contributed by atoms with Crippen molar-refractivity contribution < 1.29 is 19.8 Å². The second-order valence-corrected chi connectivity index (χ2v) is 2.65. The van der Waals surface area contributed by atoms with Crippen molar-refractivity contribution in [2.45, 2.75) is 19.4 Å². The van der Waals surface area contributed by atoms with Crippen molar-refractivity contribution in [2.24, 2.45) is 11.7 Å². The zero-order valence-electron chi connectivity index (χ0n) is 6.37. The highest BCUT2D eigenvalue weighted by atomic mass is 16.4. The molecular formula is C6H11NO4. The fourth-order valence-electron chi connectivity index (χ4n) is 0.442. The van der Waals surface area contributed by atoms with E-state index >= 15 is 0 Å². The number of hydrogen-bond acceptors (Lipinski definition) is 3. The van der Waals surface area contributed by atoms with E-state index < -0.39 is 23.4 Å². The Morgan fingerprint density at radius 3 is 1.91 bits per heavy atom. The monoisotopic (exact) mass is 161 g/mol. The van der Waals surface area contributed by atoms with Gasteiger partial charge in [0.1, 0.15) is 5.54 Å².